The number of hydrogen-bond acceptors (Lipinski definition) is 12. The first-order valence-corrected chi connectivity index (χ1v) is 32.2. The van der Waals surface area contributed by atoms with Crippen LogP contribution in [0.4, 0.5) is 0 Å². The fourth-order valence-electron chi connectivity index (χ4n) is 17.3. The van der Waals surface area contributed by atoms with E-state index in [4.69, 9.17) is 0 Å². The maximum absolute atomic E-state index is 11.7. The highest BCUT2D eigenvalue weighted by Crippen LogP contribution is 2.57. The van der Waals surface area contributed by atoms with Crippen LogP contribution >= 0.6 is 0 Å². The number of fused-ring (bicyclic) bond motifs is 16. The monoisotopic (exact) mass is 1210 g/mol. The van der Waals surface area contributed by atoms with Gasteiger partial charge in [0.1, 0.15) is 22.4 Å². The van der Waals surface area contributed by atoms with Crippen molar-refractivity contribution >= 4 is 0 Å². The highest BCUT2D eigenvalue weighted by atomic mass is 16.3. The number of aromatic nitrogens is 12. The van der Waals surface area contributed by atoms with E-state index in [2.05, 4.69) is 107 Å². The van der Waals surface area contributed by atoms with Gasteiger partial charge in [-0.15, -0.1) is 0 Å². The van der Waals surface area contributed by atoms with Crippen LogP contribution < -0.4 is 0 Å². The van der Waals surface area contributed by atoms with Crippen molar-refractivity contribution in [1.29, 1.82) is 0 Å². The van der Waals surface area contributed by atoms with Crippen molar-refractivity contribution in [2.45, 2.75) is 124 Å². The van der Waals surface area contributed by atoms with Gasteiger partial charge in [0.2, 0.25) is 0 Å². The molecule has 20 rings (SSSR count). The molecule has 4 aliphatic carbocycles. The first-order valence-electron chi connectivity index (χ1n) is 32.2. The molecule has 92 heavy (non-hydrogen) atoms. The third-order valence-corrected chi connectivity index (χ3v) is 21.2. The molecule has 4 N–H and O–H groups in total. The van der Waals surface area contributed by atoms with E-state index in [0.717, 1.165) is 122 Å². The Morgan fingerprint density at radius 3 is 0.750 bits per heavy atom. The Morgan fingerprint density at radius 1 is 0.283 bits per heavy atom. The van der Waals surface area contributed by atoms with E-state index < -0.39 is 22.4 Å². The van der Waals surface area contributed by atoms with Gasteiger partial charge in [0.25, 0.3) is 0 Å². The average Bonchev–Trinajstić information content (AvgIpc) is 1.59. The van der Waals surface area contributed by atoms with E-state index in [1.807, 2.05) is 172 Å². The van der Waals surface area contributed by atoms with Crippen LogP contribution in [-0.4, -0.2) is 78.6 Å². The summed E-state index contributed by atoms with van der Waals surface area (Å²) in [6, 6.07) is 40.9. The van der Waals surface area contributed by atoms with Gasteiger partial charge in [-0.25, -0.2) is 19.9 Å². The second-order valence-electron chi connectivity index (χ2n) is 25.9. The minimum atomic E-state index is -0.941. The molecule has 0 amide bonds. The van der Waals surface area contributed by atoms with Crippen molar-refractivity contribution in [3.05, 3.63) is 288 Å². The molecule has 0 bridgehead atoms. The summed E-state index contributed by atoms with van der Waals surface area (Å²) >= 11 is 0. The quantitative estimate of drug-likeness (QED) is 0.130. The van der Waals surface area contributed by atoms with Crippen LogP contribution in [0.2, 0.25) is 0 Å². The van der Waals surface area contributed by atoms with E-state index >= 15 is 0 Å². The molecule has 4 aromatic carbocycles. The van der Waals surface area contributed by atoms with Gasteiger partial charge >= 0.3 is 0 Å². The molecule has 16 nitrogen and oxygen atoms in total. The van der Waals surface area contributed by atoms with E-state index in [1.54, 1.807) is 0 Å². The number of rotatable bonds is 4. The van der Waals surface area contributed by atoms with Crippen LogP contribution in [0.25, 0.3) is 45.0 Å². The predicted octanol–water partition coefficient (Wildman–Crippen LogP) is 12.3. The fraction of sp³-hybridized carbons (Fsp3) is 0.263. The minimum absolute atomic E-state index is 0.139. The molecule has 4 aliphatic heterocycles. The lowest BCUT2D eigenvalue weighted by atomic mass is 9.73. The summed E-state index contributed by atoms with van der Waals surface area (Å²) in [7, 11) is 0. The van der Waals surface area contributed by atoms with Crippen LogP contribution in [0.1, 0.15) is 142 Å². The molecule has 0 spiro atoms. The van der Waals surface area contributed by atoms with Crippen LogP contribution in [0.3, 0.4) is 0 Å². The van der Waals surface area contributed by atoms with Crippen LogP contribution in [-0.2, 0) is 48.1 Å². The van der Waals surface area contributed by atoms with E-state index in [-0.39, 0.29) is 24.2 Å². The zero-order valence-corrected chi connectivity index (χ0v) is 50.7. The number of aryl methyl sites for hydroxylation is 4. The van der Waals surface area contributed by atoms with Gasteiger partial charge in [-0.3, -0.25) is 19.9 Å². The van der Waals surface area contributed by atoms with E-state index in [9.17, 15) is 20.4 Å². The molecule has 0 unspecified atom stereocenters. The van der Waals surface area contributed by atoms with Crippen LogP contribution in [0.15, 0.2) is 221 Å². The molecule has 0 saturated heterocycles. The van der Waals surface area contributed by atoms with Crippen molar-refractivity contribution < 1.29 is 20.4 Å². The summed E-state index contributed by atoms with van der Waals surface area (Å²) in [5.74, 6) is 0. The molecular formula is C76H68N12O4. The zero-order chi connectivity index (χ0) is 61.8. The highest BCUT2D eigenvalue weighted by Gasteiger charge is 2.52. The summed E-state index contributed by atoms with van der Waals surface area (Å²) in [6.07, 6.45) is 40.4. The number of nitrogens with zero attached hydrogens (tertiary/aromatic N) is 12. The van der Waals surface area contributed by atoms with E-state index in [1.165, 1.54) is 66.8 Å². The molecule has 8 aliphatic rings. The molecule has 12 aromatic rings. The number of benzene rings is 4. The summed E-state index contributed by atoms with van der Waals surface area (Å²) in [6.45, 7) is 0. The molecule has 0 fully saturated rings. The van der Waals surface area contributed by atoms with Crippen molar-refractivity contribution in [2.75, 3.05) is 0 Å². The summed E-state index contributed by atoms with van der Waals surface area (Å²) in [5.41, 5.74) is 18.6. The Kier molecular flexibility index (Phi) is 13.4. The van der Waals surface area contributed by atoms with Crippen molar-refractivity contribution in [3.63, 3.8) is 0 Å². The Morgan fingerprint density at radius 2 is 0.511 bits per heavy atom. The van der Waals surface area contributed by atoms with Crippen LogP contribution in [0, 0.1) is 0 Å². The Labute approximate surface area is 532 Å². The average molecular weight is 1210 g/mol. The van der Waals surface area contributed by atoms with Gasteiger partial charge in [-0.2, -0.15) is 0 Å². The maximum Gasteiger partial charge on any atom is 0.116 e. The van der Waals surface area contributed by atoms with Gasteiger partial charge in [-0.1, -0.05) is 97.1 Å². The van der Waals surface area contributed by atoms with Crippen molar-refractivity contribution in [1.82, 2.24) is 58.1 Å². The van der Waals surface area contributed by atoms with Gasteiger partial charge in [0, 0.05) is 94.1 Å². The normalized spacial score (nSPS) is 24.8. The predicted molar refractivity (Wildman–Crippen MR) is 347 cm³/mol. The number of imidazole rings is 4. The first-order chi connectivity index (χ1) is 45.2. The second-order valence-corrected chi connectivity index (χ2v) is 25.9. The van der Waals surface area contributed by atoms with Crippen molar-refractivity contribution in [2.24, 2.45) is 0 Å². The number of pyridine rings is 4. The largest absolute Gasteiger partial charge is 0.383 e. The van der Waals surface area contributed by atoms with Gasteiger partial charge < -0.3 is 38.7 Å². The second kappa shape index (κ2) is 21.9. The van der Waals surface area contributed by atoms with Gasteiger partial charge in [-0.05, 0) is 146 Å². The third kappa shape index (κ3) is 8.57. The molecular weight excluding hydrogens is 1140 g/mol. The molecule has 456 valence electrons. The zero-order valence-electron chi connectivity index (χ0n) is 50.7. The molecule has 16 heteroatoms. The number of hydrogen-bond donors (Lipinski definition) is 4. The smallest absolute Gasteiger partial charge is 0.116 e. The lowest BCUT2D eigenvalue weighted by molar-refractivity contribution is -0.0174. The molecule has 0 radical (unpaired) electrons. The van der Waals surface area contributed by atoms with E-state index in [0.29, 0.717) is 0 Å². The Hall–Kier alpha value is -9.84. The van der Waals surface area contributed by atoms with Gasteiger partial charge in [0.15, 0.2) is 0 Å². The summed E-state index contributed by atoms with van der Waals surface area (Å²) in [4.78, 5) is 34.4. The lowest BCUT2D eigenvalue weighted by Gasteiger charge is -2.40. The summed E-state index contributed by atoms with van der Waals surface area (Å²) in [5, 5.41) is 47.0. The highest BCUT2D eigenvalue weighted by molar-refractivity contribution is 5.73. The first kappa shape index (κ1) is 56.2. The summed E-state index contributed by atoms with van der Waals surface area (Å²) < 4.78 is 8.47. The Bertz CT molecular complexity index is 4200. The van der Waals surface area contributed by atoms with Crippen LogP contribution in [0.5, 0.6) is 0 Å². The maximum atomic E-state index is 11.7. The standard InChI is InChI=1S/4C19H17N3O/c4*23-19(8-3-4-13-7-9-20-10-16(13)19)18-15-6-2-1-5-14(15)17-11-21-12-22(17)18/h4*1-2,5-7,9-12,18,23H,3-4,8H2/t2*18-,19+;2*18-,19-/m1010/s1. The Balaban J connectivity index is 0.0000000939. The van der Waals surface area contributed by atoms with Gasteiger partial charge in [0.05, 0.1) is 97.0 Å². The third-order valence-electron chi connectivity index (χ3n) is 21.2. The fourth-order valence-corrected chi connectivity index (χ4v) is 17.3. The number of aliphatic hydroxyl groups is 4. The minimum Gasteiger partial charge on any atom is -0.383 e. The topological polar surface area (TPSA) is 204 Å². The molecule has 8 aromatic heterocycles. The molecule has 0 saturated carbocycles. The molecule has 12 heterocycles. The lowest BCUT2D eigenvalue weighted by Crippen LogP contribution is -2.39. The SMILES string of the molecule is O[C@@]1([C@@H]2c3ccccc3-c3cncn32)CCCc2ccncc21.O[C@@]1([C@H]2c3ccccc3-c3cncn32)CCCc2ccncc21.O[C@]1([C@@H]2c3ccccc3-c3cncn32)CCCc2ccncc21.O[C@]1([C@H]2c3ccccc3-c3cncn32)CCCc2ccncc21. The van der Waals surface area contributed by atoms with Crippen molar-refractivity contribution in [3.8, 4) is 45.0 Å². The molecule has 8 atom stereocenters.